The molecule has 1 fully saturated rings. The fourth-order valence-electron chi connectivity index (χ4n) is 6.20. The van der Waals surface area contributed by atoms with Gasteiger partial charge in [-0.2, -0.15) is 5.10 Å². The van der Waals surface area contributed by atoms with Crippen molar-refractivity contribution in [3.8, 4) is 11.1 Å². The number of aromatic nitrogens is 5. The molecule has 1 aliphatic rings. The fourth-order valence-corrected chi connectivity index (χ4v) is 6.68. The lowest BCUT2D eigenvalue weighted by Gasteiger charge is -2.42. The van der Waals surface area contributed by atoms with Crippen LogP contribution in [0.2, 0.25) is 0 Å². The van der Waals surface area contributed by atoms with E-state index in [1.165, 1.54) is 11.1 Å². The average Bonchev–Trinajstić information content (AvgIpc) is 3.68. The highest BCUT2D eigenvalue weighted by Gasteiger charge is 2.37. The Hall–Kier alpha value is -4.56. The molecule has 0 radical (unpaired) electrons. The number of hydrogen-bond acceptors (Lipinski definition) is 5. The molecule has 0 saturated carbocycles. The number of halogens is 1. The predicted molar refractivity (Wildman–Crippen MR) is 177 cm³/mol. The molecule has 0 spiro atoms. The van der Waals surface area contributed by atoms with Crippen molar-refractivity contribution < 1.29 is 0 Å². The fraction of sp³-hybridized carbons (Fsp3) is 0.200. The van der Waals surface area contributed by atoms with Crippen LogP contribution in [0.3, 0.4) is 0 Å². The maximum Gasteiger partial charge on any atom is 0.144 e. The molecular formula is C35H32BrN7. The number of nitrogens with one attached hydrogen (secondary N) is 1. The number of fused-ring (bicyclic) bond motifs is 1. The molecule has 0 amide bonds. The maximum atomic E-state index is 5.44. The molecule has 7 nitrogen and oxygen atoms in total. The molecule has 43 heavy (non-hydrogen) atoms. The molecule has 1 N–H and O–H groups in total. The second-order valence-electron chi connectivity index (χ2n) is 11.2. The smallest absolute Gasteiger partial charge is 0.144 e. The van der Waals surface area contributed by atoms with Gasteiger partial charge in [0.25, 0.3) is 0 Å². The number of hydrogen-bond donors (Lipinski definition) is 1. The first-order valence-corrected chi connectivity index (χ1v) is 15.4. The number of aliphatic imine (C=N–C) groups is 1. The Labute approximate surface area is 259 Å². The molecule has 0 bridgehead atoms. The molecule has 0 atom stereocenters. The molecule has 8 heteroatoms. The zero-order valence-corrected chi connectivity index (χ0v) is 25.6. The molecule has 6 aromatic rings. The highest BCUT2D eigenvalue weighted by molar-refractivity contribution is 9.10. The van der Waals surface area contributed by atoms with Gasteiger partial charge in [-0.25, -0.2) is 9.97 Å². The Kier molecular flexibility index (Phi) is 7.37. The van der Waals surface area contributed by atoms with E-state index in [0.717, 1.165) is 69.7 Å². The first-order chi connectivity index (χ1) is 21.1. The number of benzene rings is 3. The molecule has 4 heterocycles. The molecule has 0 aliphatic carbocycles. The van der Waals surface area contributed by atoms with Gasteiger partial charge in [0.05, 0.1) is 17.3 Å². The number of H-pyrrole nitrogens is 1. The Morgan fingerprint density at radius 1 is 0.907 bits per heavy atom. The molecule has 0 unspecified atom stereocenters. The van der Waals surface area contributed by atoms with E-state index in [9.17, 15) is 0 Å². The van der Waals surface area contributed by atoms with Crippen molar-refractivity contribution in [3.63, 3.8) is 0 Å². The number of aryl methyl sites for hydroxylation is 1. The monoisotopic (exact) mass is 629 g/mol. The maximum absolute atomic E-state index is 5.44. The third-order valence-corrected chi connectivity index (χ3v) is 9.19. The summed E-state index contributed by atoms with van der Waals surface area (Å²) in [7, 11) is 1.96. The van der Waals surface area contributed by atoms with E-state index in [1.54, 1.807) is 6.33 Å². The Morgan fingerprint density at radius 2 is 1.63 bits per heavy atom. The third kappa shape index (κ3) is 5.39. The molecular weight excluding hydrogens is 598 g/mol. The predicted octanol–water partition coefficient (Wildman–Crippen LogP) is 7.20. The molecule has 1 saturated heterocycles. The summed E-state index contributed by atoms with van der Waals surface area (Å²) >= 11 is 3.70. The number of rotatable bonds is 7. The largest absolute Gasteiger partial charge is 0.356 e. The van der Waals surface area contributed by atoms with Gasteiger partial charge in [0.1, 0.15) is 17.8 Å². The van der Waals surface area contributed by atoms with E-state index in [1.807, 2.05) is 24.1 Å². The summed E-state index contributed by atoms with van der Waals surface area (Å²) in [4.78, 5) is 20.2. The summed E-state index contributed by atoms with van der Waals surface area (Å²) in [5, 5.41) is 5.45. The van der Waals surface area contributed by atoms with Gasteiger partial charge in [-0.3, -0.25) is 9.67 Å². The van der Waals surface area contributed by atoms with Crippen molar-refractivity contribution in [2.45, 2.75) is 18.3 Å². The summed E-state index contributed by atoms with van der Waals surface area (Å²) in [6.07, 6.45) is 9.48. The summed E-state index contributed by atoms with van der Waals surface area (Å²) in [6, 6.07) is 30.0. The number of anilines is 1. The van der Waals surface area contributed by atoms with Crippen molar-refractivity contribution in [2.75, 3.05) is 24.5 Å². The minimum absolute atomic E-state index is 0.148. The van der Waals surface area contributed by atoms with Gasteiger partial charge in [0.2, 0.25) is 0 Å². The van der Waals surface area contributed by atoms with Crippen LogP contribution in [0.15, 0.2) is 119 Å². The zero-order chi connectivity index (χ0) is 29.2. The molecule has 1 aliphatic heterocycles. The Balaban J connectivity index is 1.28. The molecule has 7 rings (SSSR count). The zero-order valence-electron chi connectivity index (χ0n) is 24.0. The first kappa shape index (κ1) is 27.3. The number of aromatic amines is 1. The standard InChI is InChI=1S/C35H32BrN7/c1-42-22-28(20-41-42)27-13-8-14-29(19-27)35(23-38-32(25-9-4-2-5-10-25)26-11-6-3-7-12-26)15-17-43(18-16-35)34-31-30(36)21-37-33(31)39-24-40-34/h2-14,19-22,24H,15-18,23H2,1H3,(H,37,39,40). The Bertz CT molecular complexity index is 1840. The van der Waals surface area contributed by atoms with Crippen LogP contribution in [0.25, 0.3) is 22.2 Å². The lowest BCUT2D eigenvalue weighted by Crippen LogP contribution is -2.45. The highest BCUT2D eigenvalue weighted by atomic mass is 79.9. The van der Waals surface area contributed by atoms with Gasteiger partial charge >= 0.3 is 0 Å². The van der Waals surface area contributed by atoms with Crippen LogP contribution >= 0.6 is 15.9 Å². The first-order valence-electron chi connectivity index (χ1n) is 14.6. The summed E-state index contributed by atoms with van der Waals surface area (Å²) in [6.45, 7) is 2.41. The Morgan fingerprint density at radius 3 is 2.30 bits per heavy atom. The van der Waals surface area contributed by atoms with Gasteiger partial charge < -0.3 is 9.88 Å². The lowest BCUT2D eigenvalue weighted by molar-refractivity contribution is 0.340. The van der Waals surface area contributed by atoms with Crippen LogP contribution in [0.5, 0.6) is 0 Å². The quantitative estimate of drug-likeness (QED) is 0.190. The van der Waals surface area contributed by atoms with Crippen molar-refractivity contribution in [2.24, 2.45) is 12.0 Å². The minimum atomic E-state index is -0.148. The summed E-state index contributed by atoms with van der Waals surface area (Å²) in [5.41, 5.74) is 7.60. The van der Waals surface area contributed by atoms with Crippen LogP contribution in [-0.2, 0) is 12.5 Å². The van der Waals surface area contributed by atoms with Crippen LogP contribution < -0.4 is 4.90 Å². The molecule has 3 aromatic carbocycles. The van der Waals surface area contributed by atoms with Crippen molar-refractivity contribution in [3.05, 3.63) is 131 Å². The van der Waals surface area contributed by atoms with Crippen LogP contribution in [-0.4, -0.2) is 50.1 Å². The van der Waals surface area contributed by atoms with E-state index >= 15 is 0 Å². The van der Waals surface area contributed by atoms with Crippen LogP contribution in [0.1, 0.15) is 29.5 Å². The normalized spacial score (nSPS) is 14.6. The SMILES string of the molecule is Cn1cc(-c2cccc(C3(CN=C(c4ccccc4)c4ccccc4)CCN(c4ncnc5[nH]cc(Br)c45)CC3)c2)cn1. The summed E-state index contributed by atoms with van der Waals surface area (Å²) in [5.74, 6) is 0.966. The van der Waals surface area contributed by atoms with Gasteiger partial charge in [-0.1, -0.05) is 84.9 Å². The van der Waals surface area contributed by atoms with Crippen LogP contribution in [0.4, 0.5) is 5.82 Å². The highest BCUT2D eigenvalue weighted by Crippen LogP contribution is 2.40. The minimum Gasteiger partial charge on any atom is -0.356 e. The van der Waals surface area contributed by atoms with Crippen molar-refractivity contribution in [1.82, 2.24) is 24.7 Å². The van der Waals surface area contributed by atoms with Gasteiger partial charge in [-0.05, 0) is 39.9 Å². The number of nitrogens with zero attached hydrogens (tertiary/aromatic N) is 6. The van der Waals surface area contributed by atoms with Crippen LogP contribution in [0, 0.1) is 0 Å². The third-order valence-electron chi connectivity index (χ3n) is 8.57. The second-order valence-corrected chi connectivity index (χ2v) is 12.1. The second kappa shape index (κ2) is 11.6. The van der Waals surface area contributed by atoms with Crippen molar-refractivity contribution >= 4 is 38.5 Å². The van der Waals surface area contributed by atoms with E-state index in [-0.39, 0.29) is 5.41 Å². The average molecular weight is 631 g/mol. The lowest BCUT2D eigenvalue weighted by atomic mass is 9.72. The van der Waals surface area contributed by atoms with Crippen molar-refractivity contribution in [1.29, 1.82) is 0 Å². The van der Waals surface area contributed by atoms with E-state index in [4.69, 9.17) is 9.98 Å². The topological polar surface area (TPSA) is 75.0 Å². The van der Waals surface area contributed by atoms with E-state index < -0.39 is 0 Å². The number of piperidine rings is 1. The van der Waals surface area contributed by atoms with E-state index in [0.29, 0.717) is 6.54 Å². The van der Waals surface area contributed by atoms with E-state index in [2.05, 4.69) is 127 Å². The van der Waals surface area contributed by atoms with Gasteiger partial charge in [0.15, 0.2) is 0 Å². The summed E-state index contributed by atoms with van der Waals surface area (Å²) < 4.78 is 2.84. The molecule has 214 valence electrons. The van der Waals surface area contributed by atoms with Gasteiger partial charge in [0, 0.05) is 65.7 Å². The van der Waals surface area contributed by atoms with Gasteiger partial charge in [-0.15, -0.1) is 0 Å². The molecule has 3 aromatic heterocycles.